The van der Waals surface area contributed by atoms with Crippen LogP contribution in [-0.4, -0.2) is 27.4 Å². The maximum Gasteiger partial charge on any atom is 0.147 e. The van der Waals surface area contributed by atoms with Crippen molar-refractivity contribution in [2.75, 3.05) is 6.61 Å². The van der Waals surface area contributed by atoms with Crippen LogP contribution in [0.15, 0.2) is 36.7 Å². The second-order valence-corrected chi connectivity index (χ2v) is 6.35. The summed E-state index contributed by atoms with van der Waals surface area (Å²) >= 11 is 0. The molecule has 1 saturated carbocycles. The van der Waals surface area contributed by atoms with Crippen LogP contribution in [0.4, 0.5) is 0 Å². The average Bonchev–Trinajstić information content (AvgIpc) is 3.08. The molecule has 1 N–H and O–H groups in total. The van der Waals surface area contributed by atoms with E-state index in [2.05, 4.69) is 27.0 Å². The SMILES string of the molecule is C[C@H](COc1ccccc1)NCc1nncn1C1CCCCC1. The van der Waals surface area contributed by atoms with E-state index in [1.165, 1.54) is 32.1 Å². The molecule has 5 nitrogen and oxygen atoms in total. The fourth-order valence-corrected chi connectivity index (χ4v) is 3.12. The first-order chi connectivity index (χ1) is 11.3. The van der Waals surface area contributed by atoms with Gasteiger partial charge in [-0.25, -0.2) is 0 Å². The highest BCUT2D eigenvalue weighted by Gasteiger charge is 2.18. The lowest BCUT2D eigenvalue weighted by atomic mass is 9.95. The van der Waals surface area contributed by atoms with E-state index in [1.54, 1.807) is 0 Å². The van der Waals surface area contributed by atoms with Crippen LogP contribution >= 0.6 is 0 Å². The van der Waals surface area contributed by atoms with Gasteiger partial charge < -0.3 is 14.6 Å². The Morgan fingerprint density at radius 3 is 2.78 bits per heavy atom. The van der Waals surface area contributed by atoms with E-state index in [9.17, 15) is 0 Å². The van der Waals surface area contributed by atoms with Crippen LogP contribution in [0.1, 0.15) is 50.9 Å². The molecule has 1 fully saturated rings. The lowest BCUT2D eigenvalue weighted by Crippen LogP contribution is -2.32. The van der Waals surface area contributed by atoms with Gasteiger partial charge in [-0.3, -0.25) is 0 Å². The molecule has 124 valence electrons. The van der Waals surface area contributed by atoms with Crippen molar-refractivity contribution in [1.29, 1.82) is 0 Å². The van der Waals surface area contributed by atoms with E-state index >= 15 is 0 Å². The summed E-state index contributed by atoms with van der Waals surface area (Å²) in [4.78, 5) is 0. The van der Waals surface area contributed by atoms with Gasteiger partial charge in [0.2, 0.25) is 0 Å². The minimum absolute atomic E-state index is 0.256. The van der Waals surface area contributed by atoms with Gasteiger partial charge in [0.1, 0.15) is 24.5 Å². The number of aromatic nitrogens is 3. The zero-order valence-corrected chi connectivity index (χ0v) is 13.8. The molecule has 1 heterocycles. The predicted molar refractivity (Wildman–Crippen MR) is 90.4 cm³/mol. The molecule has 0 aliphatic heterocycles. The third-order valence-electron chi connectivity index (χ3n) is 4.47. The van der Waals surface area contributed by atoms with Gasteiger partial charge in [0.25, 0.3) is 0 Å². The van der Waals surface area contributed by atoms with Gasteiger partial charge in [0, 0.05) is 12.1 Å². The molecule has 0 saturated heterocycles. The minimum atomic E-state index is 0.256. The van der Waals surface area contributed by atoms with Crippen LogP contribution in [0.3, 0.4) is 0 Å². The number of ether oxygens (including phenoxy) is 1. The minimum Gasteiger partial charge on any atom is -0.492 e. The highest BCUT2D eigenvalue weighted by Crippen LogP contribution is 2.28. The summed E-state index contributed by atoms with van der Waals surface area (Å²) < 4.78 is 8.04. The van der Waals surface area contributed by atoms with Crippen molar-refractivity contribution in [1.82, 2.24) is 20.1 Å². The van der Waals surface area contributed by atoms with Crippen LogP contribution in [0.25, 0.3) is 0 Å². The van der Waals surface area contributed by atoms with Gasteiger partial charge in [0.15, 0.2) is 0 Å². The maximum atomic E-state index is 5.78. The van der Waals surface area contributed by atoms with E-state index in [0.29, 0.717) is 12.6 Å². The Hall–Kier alpha value is -1.88. The van der Waals surface area contributed by atoms with Crippen molar-refractivity contribution in [3.8, 4) is 5.75 Å². The van der Waals surface area contributed by atoms with Gasteiger partial charge in [-0.1, -0.05) is 37.5 Å². The largest absolute Gasteiger partial charge is 0.492 e. The predicted octanol–water partition coefficient (Wildman–Crippen LogP) is 3.34. The zero-order chi connectivity index (χ0) is 15.9. The molecular formula is C18H26N4O. The van der Waals surface area contributed by atoms with Crippen LogP contribution in [-0.2, 0) is 6.54 Å². The normalized spacial score (nSPS) is 17.1. The molecule has 1 aromatic carbocycles. The second-order valence-electron chi connectivity index (χ2n) is 6.35. The Morgan fingerprint density at radius 1 is 1.22 bits per heavy atom. The standard InChI is InChI=1S/C18H26N4O/c1-15(13-23-17-10-6-3-7-11-17)19-12-18-21-20-14-22(18)16-8-4-2-5-9-16/h3,6-7,10-11,14-16,19H,2,4-5,8-9,12-13H2,1H3/t15-/m1/s1. The molecule has 1 aliphatic carbocycles. The Kier molecular flexibility index (Phi) is 5.64. The van der Waals surface area contributed by atoms with E-state index in [4.69, 9.17) is 4.74 Å². The molecule has 0 unspecified atom stereocenters. The van der Waals surface area contributed by atoms with Crippen LogP contribution in [0, 0.1) is 0 Å². The molecule has 0 bridgehead atoms. The monoisotopic (exact) mass is 314 g/mol. The fourth-order valence-electron chi connectivity index (χ4n) is 3.12. The third-order valence-corrected chi connectivity index (χ3v) is 4.47. The molecule has 0 spiro atoms. The topological polar surface area (TPSA) is 52.0 Å². The van der Waals surface area contributed by atoms with Crippen molar-refractivity contribution in [3.05, 3.63) is 42.5 Å². The quantitative estimate of drug-likeness (QED) is 0.851. The molecule has 1 atom stereocenters. The van der Waals surface area contributed by atoms with Crippen molar-refractivity contribution in [2.45, 2.75) is 57.7 Å². The van der Waals surface area contributed by atoms with E-state index in [1.807, 2.05) is 36.7 Å². The molecule has 2 aromatic rings. The first kappa shape index (κ1) is 16.0. The molecule has 5 heteroatoms. The van der Waals surface area contributed by atoms with Gasteiger partial charge in [0.05, 0.1) is 6.54 Å². The molecule has 0 amide bonds. The number of hydrogen-bond donors (Lipinski definition) is 1. The number of hydrogen-bond acceptors (Lipinski definition) is 4. The van der Waals surface area contributed by atoms with Crippen molar-refractivity contribution in [3.63, 3.8) is 0 Å². The van der Waals surface area contributed by atoms with Crippen molar-refractivity contribution < 1.29 is 4.74 Å². The number of rotatable bonds is 7. The first-order valence-electron chi connectivity index (χ1n) is 8.62. The average molecular weight is 314 g/mol. The number of para-hydroxylation sites is 1. The zero-order valence-electron chi connectivity index (χ0n) is 13.8. The highest BCUT2D eigenvalue weighted by atomic mass is 16.5. The molecule has 23 heavy (non-hydrogen) atoms. The molecule has 0 radical (unpaired) electrons. The summed E-state index contributed by atoms with van der Waals surface area (Å²) in [5.74, 6) is 1.94. The Labute approximate surface area is 138 Å². The number of benzene rings is 1. The smallest absolute Gasteiger partial charge is 0.147 e. The Bertz CT molecular complexity index is 578. The van der Waals surface area contributed by atoms with E-state index in [0.717, 1.165) is 18.1 Å². The highest BCUT2D eigenvalue weighted by molar-refractivity contribution is 5.20. The molecule has 1 aromatic heterocycles. The third kappa shape index (κ3) is 4.55. The first-order valence-corrected chi connectivity index (χ1v) is 8.62. The van der Waals surface area contributed by atoms with Crippen LogP contribution in [0.5, 0.6) is 5.75 Å². The second kappa shape index (κ2) is 8.11. The summed E-state index contributed by atoms with van der Waals surface area (Å²) in [5, 5.41) is 11.9. The maximum absolute atomic E-state index is 5.78. The lowest BCUT2D eigenvalue weighted by molar-refractivity contribution is 0.269. The van der Waals surface area contributed by atoms with E-state index < -0.39 is 0 Å². The fraction of sp³-hybridized carbons (Fsp3) is 0.556. The van der Waals surface area contributed by atoms with Crippen LogP contribution in [0.2, 0.25) is 0 Å². The Balaban J connectivity index is 1.47. The van der Waals surface area contributed by atoms with Gasteiger partial charge >= 0.3 is 0 Å². The van der Waals surface area contributed by atoms with E-state index in [-0.39, 0.29) is 6.04 Å². The van der Waals surface area contributed by atoms with Gasteiger partial charge in [-0.2, -0.15) is 0 Å². The summed E-state index contributed by atoms with van der Waals surface area (Å²) in [7, 11) is 0. The number of nitrogens with zero attached hydrogens (tertiary/aromatic N) is 3. The molecule has 3 rings (SSSR count). The number of nitrogens with one attached hydrogen (secondary N) is 1. The van der Waals surface area contributed by atoms with Crippen molar-refractivity contribution >= 4 is 0 Å². The summed E-state index contributed by atoms with van der Waals surface area (Å²) in [6.07, 6.45) is 8.38. The van der Waals surface area contributed by atoms with Gasteiger partial charge in [-0.05, 0) is 31.9 Å². The molecule has 1 aliphatic rings. The molecular weight excluding hydrogens is 288 g/mol. The lowest BCUT2D eigenvalue weighted by Gasteiger charge is -2.24. The summed E-state index contributed by atoms with van der Waals surface area (Å²) in [6, 6.07) is 10.8. The Morgan fingerprint density at radius 2 is 2.00 bits per heavy atom. The van der Waals surface area contributed by atoms with Crippen molar-refractivity contribution in [2.24, 2.45) is 0 Å². The van der Waals surface area contributed by atoms with Crippen LogP contribution < -0.4 is 10.1 Å². The summed E-state index contributed by atoms with van der Waals surface area (Å²) in [6.45, 7) is 3.50. The summed E-state index contributed by atoms with van der Waals surface area (Å²) in [5.41, 5.74) is 0. The van der Waals surface area contributed by atoms with Gasteiger partial charge in [-0.15, -0.1) is 10.2 Å².